The molecule has 0 aliphatic rings. The van der Waals surface area contributed by atoms with Crippen LogP contribution in [0.4, 0.5) is 0 Å². The van der Waals surface area contributed by atoms with Crippen LogP contribution in [0.2, 0.25) is 0 Å². The Balaban J connectivity index is 2.38. The summed E-state index contributed by atoms with van der Waals surface area (Å²) < 4.78 is 1.76. The van der Waals surface area contributed by atoms with Crippen molar-refractivity contribution in [1.82, 2.24) is 25.2 Å². The van der Waals surface area contributed by atoms with Crippen LogP contribution in [0.1, 0.15) is 26.0 Å². The van der Waals surface area contributed by atoms with Crippen LogP contribution in [0.3, 0.4) is 0 Å². The summed E-state index contributed by atoms with van der Waals surface area (Å²) in [4.78, 5) is 2.45. The molecule has 0 amide bonds. The summed E-state index contributed by atoms with van der Waals surface area (Å²) in [7, 11) is 3.92. The maximum absolute atomic E-state index is 4.13. The van der Waals surface area contributed by atoms with Crippen LogP contribution in [0, 0.1) is 0 Å². The quantitative estimate of drug-likeness (QED) is 0.724. The predicted octanol–water partition coefficient (Wildman–Crippen LogP) is 0.678. The first kappa shape index (κ1) is 14.1. The smallest absolute Gasteiger partial charge is 0.0842 e. The van der Waals surface area contributed by atoms with Gasteiger partial charge in [-0.25, -0.2) is 0 Å². The van der Waals surface area contributed by atoms with Crippen molar-refractivity contribution in [1.29, 1.82) is 0 Å². The van der Waals surface area contributed by atoms with E-state index in [0.29, 0.717) is 6.04 Å². The van der Waals surface area contributed by atoms with E-state index >= 15 is 0 Å². The fourth-order valence-electron chi connectivity index (χ4n) is 1.97. The molecule has 0 bridgehead atoms. The van der Waals surface area contributed by atoms with Gasteiger partial charge in [-0.15, -0.1) is 5.10 Å². The lowest BCUT2D eigenvalue weighted by Gasteiger charge is -2.21. The Labute approximate surface area is 104 Å². The fourth-order valence-corrected chi connectivity index (χ4v) is 1.97. The Kier molecular flexibility index (Phi) is 6.15. The van der Waals surface area contributed by atoms with E-state index in [1.54, 1.807) is 4.68 Å². The van der Waals surface area contributed by atoms with Gasteiger partial charge in [-0.3, -0.25) is 4.68 Å². The number of hydrogen-bond acceptors (Lipinski definition) is 4. The van der Waals surface area contributed by atoms with E-state index in [4.69, 9.17) is 0 Å². The Bertz CT molecular complexity index is 306. The topological polar surface area (TPSA) is 46.0 Å². The lowest BCUT2D eigenvalue weighted by atomic mass is 10.1. The molecule has 98 valence electrons. The molecule has 1 rings (SSSR count). The molecule has 1 N–H and O–H groups in total. The highest BCUT2D eigenvalue weighted by Crippen LogP contribution is 2.03. The molecule has 1 unspecified atom stereocenters. The van der Waals surface area contributed by atoms with Crippen molar-refractivity contribution in [3.8, 4) is 0 Å². The summed E-state index contributed by atoms with van der Waals surface area (Å²) in [6.07, 6.45) is 4.09. The van der Waals surface area contributed by atoms with Crippen molar-refractivity contribution < 1.29 is 0 Å². The summed E-state index contributed by atoms with van der Waals surface area (Å²) >= 11 is 0. The first-order valence-corrected chi connectivity index (χ1v) is 6.44. The van der Waals surface area contributed by atoms with Gasteiger partial charge in [0.05, 0.1) is 5.69 Å². The van der Waals surface area contributed by atoms with Gasteiger partial charge < -0.3 is 10.2 Å². The van der Waals surface area contributed by atoms with Crippen LogP contribution in [-0.2, 0) is 13.5 Å². The fraction of sp³-hybridized carbons (Fsp3) is 0.833. The molecule has 0 spiro atoms. The molecule has 1 aromatic heterocycles. The first-order chi connectivity index (χ1) is 8.19. The molecule has 1 atom stereocenters. The van der Waals surface area contributed by atoms with E-state index in [2.05, 4.69) is 34.4 Å². The molecule has 5 nitrogen and oxygen atoms in total. The first-order valence-electron chi connectivity index (χ1n) is 6.44. The molecule has 0 aliphatic carbocycles. The number of likely N-dealkylation sites (N-methyl/N-ethyl adjacent to an activating group) is 1. The average Bonchev–Trinajstić information content (AvgIpc) is 2.74. The standard InChI is InChI=1S/C12H25N5/c1-5-17(6-2)8-7-11(13-3)9-12-10-16(4)15-14-12/h10-11,13H,5-9H2,1-4H3. The normalized spacial score (nSPS) is 13.2. The van der Waals surface area contributed by atoms with E-state index in [0.717, 1.165) is 38.2 Å². The van der Waals surface area contributed by atoms with E-state index in [9.17, 15) is 0 Å². The van der Waals surface area contributed by atoms with Gasteiger partial charge in [0.1, 0.15) is 0 Å². The van der Waals surface area contributed by atoms with Crippen molar-refractivity contribution in [2.24, 2.45) is 7.05 Å². The van der Waals surface area contributed by atoms with Gasteiger partial charge >= 0.3 is 0 Å². The van der Waals surface area contributed by atoms with Crippen molar-refractivity contribution in [3.05, 3.63) is 11.9 Å². The summed E-state index contributed by atoms with van der Waals surface area (Å²) in [5, 5.41) is 11.4. The summed E-state index contributed by atoms with van der Waals surface area (Å²) in [5.41, 5.74) is 1.06. The molecule has 1 aromatic rings. The van der Waals surface area contributed by atoms with Crippen LogP contribution >= 0.6 is 0 Å². The summed E-state index contributed by atoms with van der Waals surface area (Å²) in [5.74, 6) is 0. The number of hydrogen-bond donors (Lipinski definition) is 1. The van der Waals surface area contributed by atoms with Crippen LogP contribution in [0.5, 0.6) is 0 Å². The zero-order chi connectivity index (χ0) is 12.7. The van der Waals surface area contributed by atoms with Gasteiger partial charge in [0.2, 0.25) is 0 Å². The van der Waals surface area contributed by atoms with Gasteiger partial charge in [0, 0.05) is 25.7 Å². The van der Waals surface area contributed by atoms with E-state index in [1.807, 2.05) is 20.3 Å². The van der Waals surface area contributed by atoms with Crippen LogP contribution < -0.4 is 5.32 Å². The van der Waals surface area contributed by atoms with E-state index < -0.39 is 0 Å². The SMILES string of the molecule is CCN(CC)CCC(Cc1cn(C)nn1)NC. The second-order valence-corrected chi connectivity index (χ2v) is 4.39. The largest absolute Gasteiger partial charge is 0.317 e. The number of rotatable bonds is 8. The zero-order valence-corrected chi connectivity index (χ0v) is 11.5. The number of aromatic nitrogens is 3. The average molecular weight is 239 g/mol. The molecule has 0 aliphatic heterocycles. The Hall–Kier alpha value is -0.940. The molecule has 0 aromatic carbocycles. The van der Waals surface area contributed by atoms with Crippen molar-refractivity contribution in [2.75, 3.05) is 26.7 Å². The number of nitrogens with zero attached hydrogens (tertiary/aromatic N) is 4. The highest BCUT2D eigenvalue weighted by atomic mass is 15.4. The second-order valence-electron chi connectivity index (χ2n) is 4.39. The Morgan fingerprint density at radius 3 is 2.59 bits per heavy atom. The molecule has 17 heavy (non-hydrogen) atoms. The molecule has 0 saturated carbocycles. The minimum absolute atomic E-state index is 0.479. The molecule has 1 heterocycles. The number of aryl methyl sites for hydroxylation is 1. The second kappa shape index (κ2) is 7.40. The lowest BCUT2D eigenvalue weighted by molar-refractivity contribution is 0.283. The molecule has 5 heteroatoms. The third-order valence-corrected chi connectivity index (χ3v) is 3.20. The monoisotopic (exact) mass is 239 g/mol. The van der Waals surface area contributed by atoms with E-state index in [-0.39, 0.29) is 0 Å². The highest BCUT2D eigenvalue weighted by Gasteiger charge is 2.11. The maximum atomic E-state index is 4.13. The van der Waals surface area contributed by atoms with Gasteiger partial charge in [-0.1, -0.05) is 19.1 Å². The summed E-state index contributed by atoms with van der Waals surface area (Å²) in [6.45, 7) is 7.80. The van der Waals surface area contributed by atoms with Gasteiger partial charge in [0.25, 0.3) is 0 Å². The Morgan fingerprint density at radius 2 is 2.12 bits per heavy atom. The molecular formula is C12H25N5. The minimum Gasteiger partial charge on any atom is -0.317 e. The highest BCUT2D eigenvalue weighted by molar-refractivity contribution is 4.95. The Morgan fingerprint density at radius 1 is 1.41 bits per heavy atom. The maximum Gasteiger partial charge on any atom is 0.0842 e. The molecular weight excluding hydrogens is 214 g/mol. The zero-order valence-electron chi connectivity index (χ0n) is 11.5. The molecule has 0 fully saturated rings. The van der Waals surface area contributed by atoms with Crippen LogP contribution in [0.15, 0.2) is 6.20 Å². The number of nitrogens with one attached hydrogen (secondary N) is 1. The van der Waals surface area contributed by atoms with Crippen molar-refractivity contribution in [2.45, 2.75) is 32.7 Å². The van der Waals surface area contributed by atoms with Gasteiger partial charge in [0.15, 0.2) is 0 Å². The van der Waals surface area contributed by atoms with Crippen LogP contribution in [-0.4, -0.2) is 52.6 Å². The summed E-state index contributed by atoms with van der Waals surface area (Å²) in [6, 6.07) is 0.479. The third kappa shape index (κ3) is 4.83. The van der Waals surface area contributed by atoms with Gasteiger partial charge in [-0.2, -0.15) is 0 Å². The predicted molar refractivity (Wildman–Crippen MR) is 70.0 cm³/mol. The molecule has 0 saturated heterocycles. The third-order valence-electron chi connectivity index (χ3n) is 3.20. The minimum atomic E-state index is 0.479. The van der Waals surface area contributed by atoms with Crippen molar-refractivity contribution in [3.63, 3.8) is 0 Å². The van der Waals surface area contributed by atoms with Gasteiger partial charge in [-0.05, 0) is 33.1 Å². The van der Waals surface area contributed by atoms with Crippen molar-refractivity contribution >= 4 is 0 Å². The van der Waals surface area contributed by atoms with E-state index in [1.165, 1.54) is 0 Å². The van der Waals surface area contributed by atoms with Crippen LogP contribution in [0.25, 0.3) is 0 Å². The lowest BCUT2D eigenvalue weighted by Crippen LogP contribution is -2.34. The molecule has 0 radical (unpaired) electrons.